The summed E-state index contributed by atoms with van der Waals surface area (Å²) in [5.41, 5.74) is 2.51. The SMILES string of the molecule is CCC(O)c1cc(C)cc(C(C)(C)C)c1O. The minimum absolute atomic E-state index is 0.113. The Labute approximate surface area is 97.9 Å². The van der Waals surface area contributed by atoms with E-state index in [0.717, 1.165) is 11.1 Å². The maximum atomic E-state index is 10.2. The molecule has 0 aliphatic heterocycles. The van der Waals surface area contributed by atoms with Crippen LogP contribution in [0, 0.1) is 6.92 Å². The zero-order valence-electron chi connectivity index (χ0n) is 10.8. The number of phenols is 1. The zero-order chi connectivity index (χ0) is 12.5. The molecule has 1 aromatic carbocycles. The molecule has 1 atom stereocenters. The van der Waals surface area contributed by atoms with E-state index in [1.165, 1.54) is 0 Å². The summed E-state index contributed by atoms with van der Waals surface area (Å²) in [6.07, 6.45) is 0.0293. The number of benzene rings is 1. The van der Waals surface area contributed by atoms with Crippen LogP contribution in [0.25, 0.3) is 0 Å². The van der Waals surface area contributed by atoms with E-state index in [-0.39, 0.29) is 11.2 Å². The van der Waals surface area contributed by atoms with Gasteiger partial charge in [-0.2, -0.15) is 0 Å². The summed E-state index contributed by atoms with van der Waals surface area (Å²) in [6, 6.07) is 3.85. The van der Waals surface area contributed by atoms with Gasteiger partial charge in [-0.15, -0.1) is 0 Å². The second-order valence-electron chi connectivity index (χ2n) is 5.42. The lowest BCUT2D eigenvalue weighted by Crippen LogP contribution is -2.13. The quantitative estimate of drug-likeness (QED) is 0.804. The number of aliphatic hydroxyl groups is 1. The topological polar surface area (TPSA) is 40.5 Å². The van der Waals surface area contributed by atoms with Crippen LogP contribution in [-0.4, -0.2) is 10.2 Å². The van der Waals surface area contributed by atoms with E-state index in [1.54, 1.807) is 0 Å². The first-order valence-corrected chi connectivity index (χ1v) is 5.79. The third kappa shape index (κ3) is 2.56. The van der Waals surface area contributed by atoms with E-state index >= 15 is 0 Å². The molecule has 0 amide bonds. The normalized spacial score (nSPS) is 13.9. The van der Waals surface area contributed by atoms with Crippen LogP contribution in [0.4, 0.5) is 0 Å². The molecular weight excluding hydrogens is 200 g/mol. The largest absolute Gasteiger partial charge is 0.507 e. The summed E-state index contributed by atoms with van der Waals surface area (Å²) < 4.78 is 0. The molecule has 0 aromatic heterocycles. The molecule has 0 radical (unpaired) electrons. The lowest BCUT2D eigenvalue weighted by atomic mass is 9.83. The van der Waals surface area contributed by atoms with E-state index in [2.05, 4.69) is 20.8 Å². The number of aliphatic hydroxyl groups excluding tert-OH is 1. The minimum atomic E-state index is -0.582. The van der Waals surface area contributed by atoms with Crippen molar-refractivity contribution in [3.63, 3.8) is 0 Å². The highest BCUT2D eigenvalue weighted by Gasteiger charge is 2.22. The lowest BCUT2D eigenvalue weighted by Gasteiger charge is -2.24. The van der Waals surface area contributed by atoms with E-state index in [9.17, 15) is 10.2 Å². The van der Waals surface area contributed by atoms with Crippen LogP contribution in [0.1, 0.15) is 56.9 Å². The molecule has 0 aliphatic rings. The Bertz CT molecular complexity index is 375. The van der Waals surface area contributed by atoms with Crippen LogP contribution in [0.15, 0.2) is 12.1 Å². The van der Waals surface area contributed by atoms with E-state index in [4.69, 9.17) is 0 Å². The number of hydrogen-bond acceptors (Lipinski definition) is 2. The van der Waals surface area contributed by atoms with Gasteiger partial charge in [0.25, 0.3) is 0 Å². The maximum Gasteiger partial charge on any atom is 0.125 e. The molecule has 1 aromatic rings. The van der Waals surface area contributed by atoms with Gasteiger partial charge in [0.15, 0.2) is 0 Å². The molecule has 0 heterocycles. The summed E-state index contributed by atoms with van der Waals surface area (Å²) in [5, 5.41) is 20.1. The predicted octanol–water partition coefficient (Wildman–Crippen LogP) is 3.44. The fraction of sp³-hybridized carbons (Fsp3) is 0.571. The number of aromatic hydroxyl groups is 1. The molecule has 90 valence electrons. The number of rotatable bonds is 2. The van der Waals surface area contributed by atoms with Gasteiger partial charge < -0.3 is 10.2 Å². The van der Waals surface area contributed by atoms with E-state index in [0.29, 0.717) is 12.0 Å². The molecule has 0 fully saturated rings. The summed E-state index contributed by atoms with van der Waals surface area (Å²) in [5.74, 6) is 0.243. The van der Waals surface area contributed by atoms with Gasteiger partial charge in [-0.1, -0.05) is 39.3 Å². The van der Waals surface area contributed by atoms with Crippen molar-refractivity contribution < 1.29 is 10.2 Å². The van der Waals surface area contributed by atoms with Crippen LogP contribution in [0.5, 0.6) is 5.75 Å². The molecule has 0 saturated carbocycles. The van der Waals surface area contributed by atoms with Crippen molar-refractivity contribution in [1.29, 1.82) is 0 Å². The predicted molar refractivity (Wildman–Crippen MR) is 66.8 cm³/mol. The minimum Gasteiger partial charge on any atom is -0.507 e. The van der Waals surface area contributed by atoms with Crippen molar-refractivity contribution in [1.82, 2.24) is 0 Å². The Morgan fingerprint density at radius 1 is 1.25 bits per heavy atom. The smallest absolute Gasteiger partial charge is 0.125 e. The van der Waals surface area contributed by atoms with Crippen molar-refractivity contribution in [2.45, 2.75) is 52.6 Å². The van der Waals surface area contributed by atoms with Gasteiger partial charge >= 0.3 is 0 Å². The molecule has 2 N–H and O–H groups in total. The standard InChI is InChI=1S/C14H22O2/c1-6-12(15)10-7-9(2)8-11(13(10)16)14(3,4)5/h7-8,12,15-16H,6H2,1-5H3. The lowest BCUT2D eigenvalue weighted by molar-refractivity contribution is 0.169. The van der Waals surface area contributed by atoms with Gasteiger partial charge in [-0.3, -0.25) is 0 Å². The summed E-state index contributed by atoms with van der Waals surface area (Å²) in [4.78, 5) is 0. The molecule has 1 rings (SSSR count). The van der Waals surface area contributed by atoms with Crippen molar-refractivity contribution in [3.8, 4) is 5.75 Å². The van der Waals surface area contributed by atoms with Crippen molar-refractivity contribution in [2.24, 2.45) is 0 Å². The van der Waals surface area contributed by atoms with Gasteiger partial charge in [-0.25, -0.2) is 0 Å². The van der Waals surface area contributed by atoms with Crippen LogP contribution in [0.3, 0.4) is 0 Å². The summed E-state index contributed by atoms with van der Waals surface area (Å²) in [7, 11) is 0. The van der Waals surface area contributed by atoms with Crippen LogP contribution in [0.2, 0.25) is 0 Å². The van der Waals surface area contributed by atoms with Gasteiger partial charge in [0.2, 0.25) is 0 Å². The van der Waals surface area contributed by atoms with Crippen LogP contribution >= 0.6 is 0 Å². The molecule has 0 aliphatic carbocycles. The molecular formula is C14H22O2. The second-order valence-corrected chi connectivity index (χ2v) is 5.42. The zero-order valence-corrected chi connectivity index (χ0v) is 10.8. The monoisotopic (exact) mass is 222 g/mol. The maximum absolute atomic E-state index is 10.2. The Balaban J connectivity index is 3.38. The second kappa shape index (κ2) is 4.46. The van der Waals surface area contributed by atoms with Crippen molar-refractivity contribution >= 4 is 0 Å². The Hall–Kier alpha value is -1.02. The molecule has 16 heavy (non-hydrogen) atoms. The van der Waals surface area contributed by atoms with E-state index in [1.807, 2.05) is 26.0 Å². The summed E-state index contributed by atoms with van der Waals surface area (Å²) in [6.45, 7) is 10.1. The molecule has 0 saturated heterocycles. The Morgan fingerprint density at radius 2 is 1.81 bits per heavy atom. The fourth-order valence-electron chi connectivity index (χ4n) is 1.85. The average Bonchev–Trinajstić information content (AvgIpc) is 2.18. The molecule has 0 bridgehead atoms. The summed E-state index contributed by atoms with van der Waals surface area (Å²) >= 11 is 0. The van der Waals surface area contributed by atoms with Gasteiger partial charge in [0.1, 0.15) is 5.75 Å². The van der Waals surface area contributed by atoms with Gasteiger partial charge in [0.05, 0.1) is 6.10 Å². The average molecular weight is 222 g/mol. The number of phenolic OH excluding ortho intramolecular Hbond substituents is 1. The van der Waals surface area contributed by atoms with E-state index < -0.39 is 6.10 Å². The number of hydrogen-bond donors (Lipinski definition) is 2. The fourth-order valence-corrected chi connectivity index (χ4v) is 1.85. The molecule has 2 nitrogen and oxygen atoms in total. The van der Waals surface area contributed by atoms with Crippen LogP contribution < -0.4 is 0 Å². The van der Waals surface area contributed by atoms with Gasteiger partial charge in [0, 0.05) is 5.56 Å². The number of aryl methyl sites for hydroxylation is 1. The van der Waals surface area contributed by atoms with Crippen molar-refractivity contribution in [2.75, 3.05) is 0 Å². The Kier molecular flexibility index (Phi) is 3.64. The van der Waals surface area contributed by atoms with Crippen LogP contribution in [-0.2, 0) is 5.41 Å². The van der Waals surface area contributed by atoms with Gasteiger partial charge in [-0.05, 0) is 30.4 Å². The third-order valence-electron chi connectivity index (χ3n) is 2.84. The first-order chi connectivity index (χ1) is 7.27. The first kappa shape index (κ1) is 13.0. The Morgan fingerprint density at radius 3 is 2.25 bits per heavy atom. The van der Waals surface area contributed by atoms with Crippen molar-refractivity contribution in [3.05, 3.63) is 28.8 Å². The highest BCUT2D eigenvalue weighted by molar-refractivity contribution is 5.47. The first-order valence-electron chi connectivity index (χ1n) is 5.79. The highest BCUT2D eigenvalue weighted by atomic mass is 16.3. The third-order valence-corrected chi connectivity index (χ3v) is 2.84. The molecule has 1 unspecified atom stereocenters. The molecule has 0 spiro atoms. The molecule has 2 heteroatoms. The highest BCUT2D eigenvalue weighted by Crippen LogP contribution is 2.37.